The van der Waals surface area contributed by atoms with E-state index in [1.54, 1.807) is 49.5 Å². The number of aliphatic hydroxyl groups is 1. The van der Waals surface area contributed by atoms with Crippen LogP contribution in [0.3, 0.4) is 0 Å². The van der Waals surface area contributed by atoms with Gasteiger partial charge < -0.3 is 10.0 Å². The van der Waals surface area contributed by atoms with E-state index in [1.165, 1.54) is 29.2 Å². The Morgan fingerprint density at radius 3 is 2.00 bits per heavy atom. The Hall–Kier alpha value is -2.80. The van der Waals surface area contributed by atoms with Gasteiger partial charge in [0.1, 0.15) is 11.9 Å². The van der Waals surface area contributed by atoms with Gasteiger partial charge in [0.05, 0.1) is 10.7 Å². The number of Topliss-reactive ketones (excluding diaryl/α,β-unsaturated/α-hetero) is 1. The molecule has 34 heavy (non-hydrogen) atoms. The number of hydrogen-bond acceptors (Lipinski definition) is 3. The molecule has 0 aromatic heterocycles. The third-order valence-corrected chi connectivity index (χ3v) is 6.00. The van der Waals surface area contributed by atoms with Crippen molar-refractivity contribution in [2.24, 2.45) is 0 Å². The summed E-state index contributed by atoms with van der Waals surface area (Å²) in [5, 5.41) is 10.1. The topological polar surface area (TPSA) is 57.6 Å². The Morgan fingerprint density at radius 2 is 1.47 bits per heavy atom. The standard InChI is InChI=1S/C26H23Cl2F2NO3/c1-16(32)26(29,30)20-9-5-18(6-10-20)14-22(33)13-17-3-7-19(8-4-17)25(34)31(2)24-15-21(27)11-12-23(24)28/h3-12,15-16,32H,13-14H2,1-2H3. The quantitative estimate of drug-likeness (QED) is 0.402. The van der Waals surface area contributed by atoms with E-state index in [0.717, 1.165) is 12.5 Å². The van der Waals surface area contributed by atoms with Crippen molar-refractivity contribution in [3.05, 3.63) is 99.0 Å². The van der Waals surface area contributed by atoms with Crippen LogP contribution < -0.4 is 4.90 Å². The fourth-order valence-electron chi connectivity index (χ4n) is 3.41. The molecule has 1 N–H and O–H groups in total. The Balaban J connectivity index is 1.62. The average molecular weight is 506 g/mol. The van der Waals surface area contributed by atoms with Crippen LogP contribution in [0.5, 0.6) is 0 Å². The molecule has 1 unspecified atom stereocenters. The van der Waals surface area contributed by atoms with E-state index in [4.69, 9.17) is 23.2 Å². The number of halogens is 4. The van der Waals surface area contributed by atoms with Gasteiger partial charge in [0.2, 0.25) is 0 Å². The van der Waals surface area contributed by atoms with Crippen molar-refractivity contribution in [2.45, 2.75) is 31.8 Å². The van der Waals surface area contributed by atoms with E-state index in [1.807, 2.05) is 0 Å². The van der Waals surface area contributed by atoms with Gasteiger partial charge in [-0.3, -0.25) is 9.59 Å². The van der Waals surface area contributed by atoms with Gasteiger partial charge in [-0.1, -0.05) is 59.6 Å². The van der Waals surface area contributed by atoms with E-state index in [9.17, 15) is 23.5 Å². The first-order valence-corrected chi connectivity index (χ1v) is 11.2. The first-order chi connectivity index (χ1) is 16.0. The monoisotopic (exact) mass is 505 g/mol. The van der Waals surface area contributed by atoms with Crippen LogP contribution in [0, 0.1) is 0 Å². The number of hydrogen-bond donors (Lipinski definition) is 1. The van der Waals surface area contributed by atoms with Crippen molar-refractivity contribution in [3.63, 3.8) is 0 Å². The van der Waals surface area contributed by atoms with Crippen LogP contribution in [0.15, 0.2) is 66.7 Å². The fourth-order valence-corrected chi connectivity index (χ4v) is 3.83. The molecule has 3 rings (SSSR count). The van der Waals surface area contributed by atoms with Crippen molar-refractivity contribution in [3.8, 4) is 0 Å². The van der Waals surface area contributed by atoms with Crippen LogP contribution in [0.1, 0.15) is 34.0 Å². The van der Waals surface area contributed by atoms with E-state index in [-0.39, 0.29) is 30.1 Å². The first-order valence-electron chi connectivity index (χ1n) is 10.5. The van der Waals surface area contributed by atoms with E-state index >= 15 is 0 Å². The second-order valence-electron chi connectivity index (χ2n) is 8.04. The molecule has 4 nitrogen and oxygen atoms in total. The molecule has 0 heterocycles. The number of carbonyl (C=O) groups is 2. The summed E-state index contributed by atoms with van der Waals surface area (Å²) < 4.78 is 27.8. The van der Waals surface area contributed by atoms with Crippen molar-refractivity contribution in [1.29, 1.82) is 0 Å². The van der Waals surface area contributed by atoms with Gasteiger partial charge in [0.25, 0.3) is 11.8 Å². The largest absolute Gasteiger partial charge is 0.387 e. The van der Waals surface area contributed by atoms with Crippen molar-refractivity contribution in [1.82, 2.24) is 0 Å². The maximum Gasteiger partial charge on any atom is 0.298 e. The van der Waals surface area contributed by atoms with Crippen molar-refractivity contribution >= 4 is 40.6 Å². The van der Waals surface area contributed by atoms with Crippen LogP contribution in [0.25, 0.3) is 0 Å². The molecular formula is C26H23Cl2F2NO3. The Bertz CT molecular complexity index is 1180. The van der Waals surface area contributed by atoms with E-state index in [2.05, 4.69) is 0 Å². The van der Waals surface area contributed by atoms with Gasteiger partial charge in [0.15, 0.2) is 0 Å². The molecule has 8 heteroatoms. The van der Waals surface area contributed by atoms with Gasteiger partial charge in [-0.2, -0.15) is 8.78 Å². The molecule has 3 aromatic carbocycles. The summed E-state index contributed by atoms with van der Waals surface area (Å²) in [7, 11) is 1.60. The lowest BCUT2D eigenvalue weighted by molar-refractivity contribution is -0.117. The molecule has 0 aliphatic rings. The highest BCUT2D eigenvalue weighted by Gasteiger charge is 2.37. The molecule has 3 aromatic rings. The molecular weight excluding hydrogens is 483 g/mol. The molecule has 1 atom stereocenters. The molecule has 0 aliphatic heterocycles. The summed E-state index contributed by atoms with van der Waals surface area (Å²) in [6.45, 7) is 1.03. The van der Waals surface area contributed by atoms with E-state index < -0.39 is 12.0 Å². The van der Waals surface area contributed by atoms with Gasteiger partial charge in [-0.25, -0.2) is 0 Å². The van der Waals surface area contributed by atoms with E-state index in [0.29, 0.717) is 26.9 Å². The van der Waals surface area contributed by atoms with Gasteiger partial charge in [-0.15, -0.1) is 0 Å². The second-order valence-corrected chi connectivity index (χ2v) is 8.89. The molecule has 0 spiro atoms. The molecule has 0 aliphatic carbocycles. The Morgan fingerprint density at radius 1 is 0.941 bits per heavy atom. The zero-order chi connectivity index (χ0) is 25.0. The third-order valence-electron chi connectivity index (χ3n) is 5.44. The number of nitrogens with zero attached hydrogens (tertiary/aromatic N) is 1. The van der Waals surface area contributed by atoms with Gasteiger partial charge in [-0.05, 0) is 48.4 Å². The van der Waals surface area contributed by atoms with Gasteiger partial charge >= 0.3 is 0 Å². The normalized spacial score (nSPS) is 12.3. The highest BCUT2D eigenvalue weighted by Crippen LogP contribution is 2.32. The molecule has 0 radical (unpaired) electrons. The number of rotatable bonds is 8. The predicted molar refractivity (Wildman–Crippen MR) is 130 cm³/mol. The Labute approximate surface area is 206 Å². The summed E-state index contributed by atoms with van der Waals surface area (Å²) in [6, 6.07) is 16.9. The zero-order valence-electron chi connectivity index (χ0n) is 18.6. The molecule has 0 saturated heterocycles. The molecule has 178 valence electrons. The maximum absolute atomic E-state index is 13.9. The number of anilines is 1. The number of benzene rings is 3. The first kappa shape index (κ1) is 25.8. The SMILES string of the molecule is CC(O)C(F)(F)c1ccc(CC(=O)Cc2ccc(C(=O)N(C)c3cc(Cl)ccc3Cl)cc2)cc1. The zero-order valence-corrected chi connectivity index (χ0v) is 20.1. The number of alkyl halides is 2. The minimum absolute atomic E-state index is 0.0806. The second kappa shape index (κ2) is 10.6. The van der Waals surface area contributed by atoms with Crippen LogP contribution in [-0.2, 0) is 23.6 Å². The smallest absolute Gasteiger partial charge is 0.298 e. The summed E-state index contributed by atoms with van der Waals surface area (Å²) in [4.78, 5) is 26.7. The number of ketones is 1. The lowest BCUT2D eigenvalue weighted by Crippen LogP contribution is -2.27. The van der Waals surface area contributed by atoms with Gasteiger partial charge in [0, 0.05) is 36.0 Å². The van der Waals surface area contributed by atoms with Crippen LogP contribution in [-0.4, -0.2) is 29.9 Å². The third kappa shape index (κ3) is 6.00. The Kier molecular flexibility index (Phi) is 8.08. The number of amides is 1. The van der Waals surface area contributed by atoms with Crippen molar-refractivity contribution in [2.75, 3.05) is 11.9 Å². The molecule has 0 bridgehead atoms. The average Bonchev–Trinajstić information content (AvgIpc) is 2.80. The highest BCUT2D eigenvalue weighted by atomic mass is 35.5. The minimum Gasteiger partial charge on any atom is -0.387 e. The predicted octanol–water partition coefficient (Wildman–Crippen LogP) is 6.10. The lowest BCUT2D eigenvalue weighted by Gasteiger charge is -2.19. The van der Waals surface area contributed by atoms with Crippen LogP contribution >= 0.6 is 23.2 Å². The number of carbonyl (C=O) groups excluding carboxylic acids is 2. The lowest BCUT2D eigenvalue weighted by atomic mass is 9.98. The molecule has 1 amide bonds. The fraction of sp³-hybridized carbons (Fsp3) is 0.231. The number of aliphatic hydroxyl groups excluding tert-OH is 1. The summed E-state index contributed by atoms with van der Waals surface area (Å²) in [5.41, 5.74) is 1.92. The summed E-state index contributed by atoms with van der Waals surface area (Å²) in [6.07, 6.45) is -1.59. The molecule has 0 saturated carbocycles. The highest BCUT2D eigenvalue weighted by molar-refractivity contribution is 6.36. The minimum atomic E-state index is -3.35. The maximum atomic E-state index is 13.9. The van der Waals surface area contributed by atoms with Crippen LogP contribution in [0.2, 0.25) is 10.0 Å². The van der Waals surface area contributed by atoms with Crippen molar-refractivity contribution < 1.29 is 23.5 Å². The summed E-state index contributed by atoms with van der Waals surface area (Å²) >= 11 is 12.2. The van der Waals surface area contributed by atoms with Crippen LogP contribution in [0.4, 0.5) is 14.5 Å². The molecule has 0 fully saturated rings. The summed E-state index contributed by atoms with van der Waals surface area (Å²) in [5.74, 6) is -3.73.